The van der Waals surface area contributed by atoms with Crippen LogP contribution in [0.3, 0.4) is 0 Å². The smallest absolute Gasteiger partial charge is 0.191 e. The second-order valence-electron chi connectivity index (χ2n) is 7.23. The van der Waals surface area contributed by atoms with Crippen molar-refractivity contribution in [3.8, 4) is 0 Å². The Morgan fingerprint density at radius 3 is 2.54 bits per heavy atom. The van der Waals surface area contributed by atoms with Gasteiger partial charge in [-0.15, -0.1) is 35.3 Å². The van der Waals surface area contributed by atoms with E-state index in [4.69, 9.17) is 4.98 Å². The lowest BCUT2D eigenvalue weighted by molar-refractivity contribution is 0.555. The van der Waals surface area contributed by atoms with Gasteiger partial charge in [-0.2, -0.15) is 5.10 Å². The average molecular weight is 490 g/mol. The van der Waals surface area contributed by atoms with Crippen LogP contribution >= 0.6 is 35.3 Å². The summed E-state index contributed by atoms with van der Waals surface area (Å²) in [6.45, 7) is 13.1. The zero-order valence-corrected chi connectivity index (χ0v) is 19.7. The van der Waals surface area contributed by atoms with Gasteiger partial charge in [0.1, 0.15) is 5.01 Å². The maximum atomic E-state index is 4.70. The van der Waals surface area contributed by atoms with Crippen molar-refractivity contribution in [2.75, 3.05) is 13.6 Å². The summed E-state index contributed by atoms with van der Waals surface area (Å²) in [4.78, 5) is 8.97. The number of nitrogens with one attached hydrogen (secondary N) is 2. The van der Waals surface area contributed by atoms with Crippen LogP contribution in [-0.2, 0) is 18.5 Å². The first-order valence-corrected chi connectivity index (χ1v) is 9.58. The Morgan fingerprint density at radius 2 is 2.00 bits per heavy atom. The van der Waals surface area contributed by atoms with E-state index in [2.05, 4.69) is 64.5 Å². The zero-order chi connectivity index (χ0) is 18.4. The zero-order valence-electron chi connectivity index (χ0n) is 16.6. The predicted octanol–water partition coefficient (Wildman–Crippen LogP) is 3.63. The molecule has 26 heavy (non-hydrogen) atoms. The number of guanidine groups is 1. The Bertz CT molecular complexity index is 714. The third-order valence-corrected chi connectivity index (χ3v) is 4.74. The third-order valence-electron chi connectivity index (χ3n) is 3.89. The highest BCUT2D eigenvalue weighted by Gasteiger charge is 2.17. The minimum absolute atomic E-state index is 0. The molecule has 0 atom stereocenters. The minimum atomic E-state index is 0. The molecule has 2 aromatic heterocycles. The first kappa shape index (κ1) is 22.9. The third kappa shape index (κ3) is 6.86. The molecule has 8 heteroatoms. The molecule has 0 aromatic carbocycles. The molecule has 0 fully saturated rings. The van der Waals surface area contributed by atoms with Crippen LogP contribution in [0.25, 0.3) is 0 Å². The fourth-order valence-electron chi connectivity index (χ4n) is 2.45. The number of thiazole rings is 1. The molecule has 2 aromatic rings. The van der Waals surface area contributed by atoms with Gasteiger partial charge in [-0.3, -0.25) is 9.67 Å². The van der Waals surface area contributed by atoms with Crippen molar-refractivity contribution in [2.24, 2.45) is 4.99 Å². The summed E-state index contributed by atoms with van der Waals surface area (Å²) in [5, 5.41) is 14.4. The number of aryl methyl sites for hydroxylation is 3. The molecule has 0 unspecified atom stereocenters. The lowest BCUT2D eigenvalue weighted by Crippen LogP contribution is -2.37. The van der Waals surface area contributed by atoms with Crippen LogP contribution in [-0.4, -0.2) is 34.3 Å². The summed E-state index contributed by atoms with van der Waals surface area (Å²) in [6.07, 6.45) is 0.994. The molecule has 0 amide bonds. The van der Waals surface area contributed by atoms with Gasteiger partial charge in [0.15, 0.2) is 5.96 Å². The van der Waals surface area contributed by atoms with E-state index in [1.807, 2.05) is 6.92 Å². The van der Waals surface area contributed by atoms with Crippen LogP contribution in [0.15, 0.2) is 16.4 Å². The highest BCUT2D eigenvalue weighted by Crippen LogP contribution is 2.23. The molecule has 2 heterocycles. The Morgan fingerprint density at radius 1 is 1.27 bits per heavy atom. The number of hydrogen-bond donors (Lipinski definition) is 2. The maximum absolute atomic E-state index is 4.70. The topological polar surface area (TPSA) is 67.1 Å². The molecular formula is C18H31IN6S. The lowest BCUT2D eigenvalue weighted by atomic mass is 9.93. The van der Waals surface area contributed by atoms with Gasteiger partial charge in [-0.25, -0.2) is 4.98 Å². The van der Waals surface area contributed by atoms with Gasteiger partial charge in [0.2, 0.25) is 0 Å². The fourth-order valence-corrected chi connectivity index (χ4v) is 3.41. The van der Waals surface area contributed by atoms with Crippen molar-refractivity contribution in [3.05, 3.63) is 33.5 Å². The van der Waals surface area contributed by atoms with E-state index in [1.54, 1.807) is 18.4 Å². The molecule has 0 aliphatic rings. The van der Waals surface area contributed by atoms with E-state index in [9.17, 15) is 0 Å². The van der Waals surface area contributed by atoms with Gasteiger partial charge >= 0.3 is 0 Å². The first-order chi connectivity index (χ1) is 11.8. The van der Waals surface area contributed by atoms with Crippen LogP contribution in [0.2, 0.25) is 0 Å². The van der Waals surface area contributed by atoms with E-state index in [0.717, 1.165) is 41.9 Å². The van der Waals surface area contributed by atoms with Crippen molar-refractivity contribution in [1.82, 2.24) is 25.4 Å². The molecule has 0 saturated heterocycles. The standard InChI is InChI=1S/C18H30N6S.HI/c1-13-10-14(2)24(23-13)9-7-8-20-17(19-6)21-11-16-22-15(12-25-16)18(3,4)5;/h10,12H,7-9,11H2,1-6H3,(H2,19,20,21);1H. The van der Waals surface area contributed by atoms with Gasteiger partial charge in [-0.1, -0.05) is 20.8 Å². The normalized spacial score (nSPS) is 12.0. The monoisotopic (exact) mass is 490 g/mol. The van der Waals surface area contributed by atoms with Crippen LogP contribution in [0.4, 0.5) is 0 Å². The van der Waals surface area contributed by atoms with Crippen molar-refractivity contribution in [1.29, 1.82) is 0 Å². The molecule has 0 bridgehead atoms. The Kier molecular flexibility index (Phi) is 9.02. The predicted molar refractivity (Wildman–Crippen MR) is 121 cm³/mol. The Balaban J connectivity index is 0.00000338. The average Bonchev–Trinajstić information content (AvgIpc) is 3.13. The lowest BCUT2D eigenvalue weighted by Gasteiger charge is -2.14. The van der Waals surface area contributed by atoms with Crippen LogP contribution < -0.4 is 10.6 Å². The summed E-state index contributed by atoms with van der Waals surface area (Å²) in [7, 11) is 1.79. The molecule has 2 N–H and O–H groups in total. The van der Waals surface area contributed by atoms with E-state index in [1.165, 1.54) is 5.69 Å². The van der Waals surface area contributed by atoms with E-state index >= 15 is 0 Å². The van der Waals surface area contributed by atoms with E-state index < -0.39 is 0 Å². The summed E-state index contributed by atoms with van der Waals surface area (Å²) in [6, 6.07) is 2.10. The number of hydrogen-bond acceptors (Lipinski definition) is 4. The number of nitrogens with zero attached hydrogens (tertiary/aromatic N) is 4. The highest BCUT2D eigenvalue weighted by atomic mass is 127. The Labute approximate surface area is 177 Å². The van der Waals surface area contributed by atoms with Crippen LogP contribution in [0.1, 0.15) is 49.3 Å². The highest BCUT2D eigenvalue weighted by molar-refractivity contribution is 14.0. The molecule has 0 saturated carbocycles. The van der Waals surface area contributed by atoms with Crippen molar-refractivity contribution >= 4 is 41.3 Å². The second-order valence-corrected chi connectivity index (χ2v) is 8.18. The van der Waals surface area contributed by atoms with Gasteiger partial charge < -0.3 is 10.6 Å². The minimum Gasteiger partial charge on any atom is -0.356 e. The summed E-state index contributed by atoms with van der Waals surface area (Å²) < 4.78 is 2.05. The second kappa shape index (κ2) is 10.2. The van der Waals surface area contributed by atoms with Crippen LogP contribution in [0.5, 0.6) is 0 Å². The number of halogens is 1. The molecular weight excluding hydrogens is 459 g/mol. The fraction of sp³-hybridized carbons (Fsp3) is 0.611. The van der Waals surface area contributed by atoms with Gasteiger partial charge in [0.25, 0.3) is 0 Å². The quantitative estimate of drug-likeness (QED) is 0.281. The van der Waals surface area contributed by atoms with Crippen molar-refractivity contribution in [2.45, 2.75) is 59.5 Å². The summed E-state index contributed by atoms with van der Waals surface area (Å²) in [5.41, 5.74) is 3.51. The van der Waals surface area contributed by atoms with Crippen LogP contribution in [0, 0.1) is 13.8 Å². The molecule has 0 aliphatic carbocycles. The molecule has 0 aliphatic heterocycles. The molecule has 0 radical (unpaired) electrons. The molecule has 6 nitrogen and oxygen atoms in total. The summed E-state index contributed by atoms with van der Waals surface area (Å²) in [5.74, 6) is 0.806. The maximum Gasteiger partial charge on any atom is 0.191 e. The number of aromatic nitrogens is 3. The van der Waals surface area contributed by atoms with Gasteiger partial charge in [0, 0.05) is 36.6 Å². The first-order valence-electron chi connectivity index (χ1n) is 8.70. The largest absolute Gasteiger partial charge is 0.356 e. The van der Waals surface area contributed by atoms with Gasteiger partial charge in [-0.05, 0) is 26.3 Å². The van der Waals surface area contributed by atoms with Crippen molar-refractivity contribution < 1.29 is 0 Å². The Hall–Kier alpha value is -1.16. The van der Waals surface area contributed by atoms with E-state index in [0.29, 0.717) is 6.54 Å². The summed E-state index contributed by atoms with van der Waals surface area (Å²) >= 11 is 1.69. The number of rotatable bonds is 6. The molecule has 0 spiro atoms. The van der Waals surface area contributed by atoms with Crippen molar-refractivity contribution in [3.63, 3.8) is 0 Å². The molecule has 2 rings (SSSR count). The van der Waals surface area contributed by atoms with E-state index in [-0.39, 0.29) is 29.4 Å². The van der Waals surface area contributed by atoms with Gasteiger partial charge in [0.05, 0.1) is 17.9 Å². The SMILES string of the molecule is CN=C(NCCCn1nc(C)cc1C)NCc1nc(C(C)(C)C)cs1.I. The number of aliphatic imine (C=N–C) groups is 1. The molecule has 146 valence electrons.